The first-order chi connectivity index (χ1) is 7.70. The van der Waals surface area contributed by atoms with Crippen LogP contribution in [-0.2, 0) is 13.0 Å². The SMILES string of the molecule is O=c1c2c(F)n3c(c2cnn1F)CCCC3. The molecule has 0 radical (unpaired) electrons. The number of nitrogens with zero attached hydrogens (tertiary/aromatic N) is 3. The number of aryl methyl sites for hydroxylation is 1. The highest BCUT2D eigenvalue weighted by molar-refractivity contribution is 5.84. The van der Waals surface area contributed by atoms with Crippen LogP contribution in [0.1, 0.15) is 18.5 Å². The second-order valence-electron chi connectivity index (χ2n) is 3.94. The van der Waals surface area contributed by atoms with E-state index in [0.29, 0.717) is 18.4 Å². The summed E-state index contributed by atoms with van der Waals surface area (Å²) in [6, 6.07) is 0. The van der Waals surface area contributed by atoms with Crippen LogP contribution in [0.2, 0.25) is 0 Å². The van der Waals surface area contributed by atoms with Crippen molar-refractivity contribution in [1.29, 1.82) is 0 Å². The Morgan fingerprint density at radius 3 is 3.00 bits per heavy atom. The number of halogens is 2. The van der Waals surface area contributed by atoms with E-state index in [1.807, 2.05) is 0 Å². The van der Waals surface area contributed by atoms with Gasteiger partial charge in [0.1, 0.15) is 5.39 Å². The number of rotatable bonds is 0. The van der Waals surface area contributed by atoms with Crippen molar-refractivity contribution in [3.8, 4) is 0 Å². The molecule has 2 aromatic heterocycles. The first kappa shape index (κ1) is 9.50. The third-order valence-corrected chi connectivity index (χ3v) is 3.06. The number of hydrogen-bond donors (Lipinski definition) is 0. The van der Waals surface area contributed by atoms with Crippen molar-refractivity contribution < 1.29 is 8.87 Å². The van der Waals surface area contributed by atoms with Gasteiger partial charge in [0.15, 0.2) is 0 Å². The lowest BCUT2D eigenvalue weighted by Gasteiger charge is -2.14. The molecule has 0 fully saturated rings. The Morgan fingerprint density at radius 1 is 1.38 bits per heavy atom. The molecule has 4 nitrogen and oxygen atoms in total. The van der Waals surface area contributed by atoms with Crippen LogP contribution in [0, 0.1) is 5.95 Å². The molecule has 16 heavy (non-hydrogen) atoms. The molecule has 0 atom stereocenters. The van der Waals surface area contributed by atoms with E-state index in [1.165, 1.54) is 10.8 Å². The first-order valence-electron chi connectivity index (χ1n) is 5.15. The van der Waals surface area contributed by atoms with E-state index in [2.05, 4.69) is 5.10 Å². The summed E-state index contributed by atoms with van der Waals surface area (Å²) in [5.74, 6) is -0.636. The number of hydrogen-bond acceptors (Lipinski definition) is 2. The summed E-state index contributed by atoms with van der Waals surface area (Å²) in [6.45, 7) is 0.543. The standard InChI is InChI=1S/C10H9F2N3O/c11-9-8-6(5-13-15(12)10(8)16)7-3-1-2-4-14(7)9/h5H,1-4H2. The van der Waals surface area contributed by atoms with Gasteiger partial charge in [-0.1, -0.05) is 9.39 Å². The molecule has 3 rings (SSSR count). The molecular weight excluding hydrogens is 216 g/mol. The maximum Gasteiger partial charge on any atom is 0.309 e. The summed E-state index contributed by atoms with van der Waals surface area (Å²) in [6.07, 6.45) is 3.76. The Labute approximate surface area is 89.0 Å². The quantitative estimate of drug-likeness (QED) is 0.680. The maximum atomic E-state index is 13.9. The van der Waals surface area contributed by atoms with E-state index < -0.39 is 11.5 Å². The summed E-state index contributed by atoms with van der Waals surface area (Å²) in [5.41, 5.74) is -0.263. The van der Waals surface area contributed by atoms with Gasteiger partial charge in [0.05, 0.1) is 6.20 Å². The summed E-state index contributed by atoms with van der Waals surface area (Å²) in [7, 11) is 0. The third-order valence-electron chi connectivity index (χ3n) is 3.06. The third kappa shape index (κ3) is 1.07. The second-order valence-corrected chi connectivity index (χ2v) is 3.94. The highest BCUT2D eigenvalue weighted by Gasteiger charge is 2.22. The molecular formula is C10H9F2N3O. The van der Waals surface area contributed by atoms with E-state index in [-0.39, 0.29) is 10.3 Å². The molecule has 1 aliphatic rings. The van der Waals surface area contributed by atoms with Crippen molar-refractivity contribution in [1.82, 2.24) is 14.6 Å². The smallest absolute Gasteiger partial charge is 0.309 e. The molecule has 2 aromatic rings. The minimum atomic E-state index is -1.02. The van der Waals surface area contributed by atoms with Crippen LogP contribution in [0.5, 0.6) is 0 Å². The molecule has 0 spiro atoms. The van der Waals surface area contributed by atoms with E-state index >= 15 is 0 Å². The van der Waals surface area contributed by atoms with Gasteiger partial charge < -0.3 is 4.57 Å². The van der Waals surface area contributed by atoms with Crippen LogP contribution in [-0.4, -0.2) is 14.6 Å². The fourth-order valence-electron chi connectivity index (χ4n) is 2.31. The van der Waals surface area contributed by atoms with Crippen molar-refractivity contribution in [2.75, 3.05) is 0 Å². The van der Waals surface area contributed by atoms with Gasteiger partial charge >= 0.3 is 5.56 Å². The fraction of sp³-hybridized carbons (Fsp3) is 0.400. The Kier molecular flexibility index (Phi) is 1.86. The Morgan fingerprint density at radius 2 is 2.19 bits per heavy atom. The Hall–Kier alpha value is -1.72. The number of aromatic nitrogens is 3. The van der Waals surface area contributed by atoms with Gasteiger partial charge in [-0.25, -0.2) is 0 Å². The van der Waals surface area contributed by atoms with Crippen molar-refractivity contribution in [2.45, 2.75) is 25.8 Å². The number of fused-ring (bicyclic) bond motifs is 3. The van der Waals surface area contributed by atoms with E-state index in [4.69, 9.17) is 0 Å². The van der Waals surface area contributed by atoms with Crippen molar-refractivity contribution in [3.05, 3.63) is 28.2 Å². The Balaban J connectivity index is 2.49. The predicted octanol–water partition coefficient (Wildman–Crippen LogP) is 1.41. The molecule has 0 unspecified atom stereocenters. The van der Waals surface area contributed by atoms with Crippen LogP contribution in [0.15, 0.2) is 11.0 Å². The van der Waals surface area contributed by atoms with Crippen molar-refractivity contribution in [3.63, 3.8) is 0 Å². The molecule has 3 heterocycles. The average molecular weight is 225 g/mol. The summed E-state index contributed by atoms with van der Waals surface area (Å²) >= 11 is 0. The topological polar surface area (TPSA) is 39.8 Å². The molecule has 0 bridgehead atoms. The van der Waals surface area contributed by atoms with Crippen LogP contribution in [0.4, 0.5) is 8.87 Å². The van der Waals surface area contributed by atoms with E-state index in [1.54, 1.807) is 0 Å². The van der Waals surface area contributed by atoms with Crippen LogP contribution >= 0.6 is 0 Å². The zero-order chi connectivity index (χ0) is 11.3. The maximum absolute atomic E-state index is 13.9. The van der Waals surface area contributed by atoms with Crippen molar-refractivity contribution in [2.24, 2.45) is 0 Å². The lowest BCUT2D eigenvalue weighted by Crippen LogP contribution is -2.16. The van der Waals surface area contributed by atoms with Gasteiger partial charge in [-0.2, -0.15) is 4.39 Å². The average Bonchev–Trinajstić information content (AvgIpc) is 2.59. The predicted molar refractivity (Wildman–Crippen MR) is 53.4 cm³/mol. The molecule has 0 saturated carbocycles. The van der Waals surface area contributed by atoms with Crippen LogP contribution < -0.4 is 5.56 Å². The summed E-state index contributed by atoms with van der Waals surface area (Å²) in [4.78, 5) is 11.1. The minimum absolute atomic E-state index is 0.186. The summed E-state index contributed by atoms with van der Waals surface area (Å²) in [5, 5.41) is 3.54. The van der Waals surface area contributed by atoms with Gasteiger partial charge in [-0.05, 0) is 19.3 Å². The zero-order valence-electron chi connectivity index (χ0n) is 8.41. The summed E-state index contributed by atoms with van der Waals surface area (Å²) < 4.78 is 28.3. The van der Waals surface area contributed by atoms with E-state index in [9.17, 15) is 13.7 Å². The van der Waals surface area contributed by atoms with Gasteiger partial charge in [-0.3, -0.25) is 4.79 Å². The molecule has 84 valence electrons. The minimum Gasteiger partial charge on any atom is -0.321 e. The lowest BCUT2D eigenvalue weighted by atomic mass is 10.1. The molecule has 0 amide bonds. The molecule has 0 saturated heterocycles. The first-order valence-corrected chi connectivity index (χ1v) is 5.15. The molecule has 1 aliphatic heterocycles. The highest BCUT2D eigenvalue weighted by Crippen LogP contribution is 2.27. The van der Waals surface area contributed by atoms with Gasteiger partial charge in [0.25, 0.3) is 0 Å². The van der Waals surface area contributed by atoms with Crippen LogP contribution in [0.25, 0.3) is 10.8 Å². The zero-order valence-corrected chi connectivity index (χ0v) is 8.41. The Bertz CT molecular complexity index is 629. The monoisotopic (exact) mass is 225 g/mol. The fourth-order valence-corrected chi connectivity index (χ4v) is 2.31. The molecule has 6 heteroatoms. The van der Waals surface area contributed by atoms with E-state index in [0.717, 1.165) is 18.5 Å². The van der Waals surface area contributed by atoms with Crippen molar-refractivity contribution >= 4 is 10.8 Å². The molecule has 0 aliphatic carbocycles. The lowest BCUT2D eigenvalue weighted by molar-refractivity contribution is 0.297. The second kappa shape index (κ2) is 3.13. The normalized spacial score (nSPS) is 15.4. The molecule has 0 N–H and O–H groups in total. The largest absolute Gasteiger partial charge is 0.321 e. The van der Waals surface area contributed by atoms with Gasteiger partial charge in [0, 0.05) is 17.6 Å². The van der Waals surface area contributed by atoms with Crippen LogP contribution in [0.3, 0.4) is 0 Å². The van der Waals surface area contributed by atoms with Gasteiger partial charge in [-0.15, -0.1) is 5.10 Å². The van der Waals surface area contributed by atoms with Gasteiger partial charge in [0.2, 0.25) is 5.95 Å². The molecule has 0 aromatic carbocycles. The highest BCUT2D eigenvalue weighted by atomic mass is 19.2.